The van der Waals surface area contributed by atoms with E-state index in [4.69, 9.17) is 4.55 Å². The molecule has 1 N–H and O–H groups in total. The van der Waals surface area contributed by atoms with E-state index in [1.807, 2.05) is 30.4 Å². The lowest BCUT2D eigenvalue weighted by Crippen LogP contribution is -2.21. The summed E-state index contributed by atoms with van der Waals surface area (Å²) in [5.41, 5.74) is 0. The average Bonchev–Trinajstić information content (AvgIpc) is 2.37. The van der Waals surface area contributed by atoms with Gasteiger partial charge in [0.15, 0.2) is 5.25 Å². The Balaban J connectivity index is 2.51. The number of carbonyl (C=O) groups is 1. The Bertz CT molecular complexity index is 388. The van der Waals surface area contributed by atoms with Gasteiger partial charge in [-0.1, -0.05) is 6.92 Å². The van der Waals surface area contributed by atoms with Crippen LogP contribution in [0.3, 0.4) is 0 Å². The number of hydrogen-bond acceptors (Lipinski definition) is 5. The summed E-state index contributed by atoms with van der Waals surface area (Å²) in [5.74, 6) is 3.37. The molecule has 0 spiro atoms. The topological polar surface area (TPSA) is 71.4 Å². The lowest BCUT2D eigenvalue weighted by molar-refractivity contribution is -0.119. The summed E-state index contributed by atoms with van der Waals surface area (Å²) in [6, 6.07) is 0. The van der Waals surface area contributed by atoms with Crippen LogP contribution in [0.15, 0.2) is 0 Å². The van der Waals surface area contributed by atoms with Crippen LogP contribution in [-0.4, -0.2) is 41.8 Å². The zero-order valence-electron chi connectivity index (χ0n) is 11.8. The molecule has 1 atom stereocenters. The summed E-state index contributed by atoms with van der Waals surface area (Å²) in [6.07, 6.45) is 3.05. The number of ketones is 1. The third-order valence-electron chi connectivity index (χ3n) is 3.17. The average molecular weight is 340 g/mol. The van der Waals surface area contributed by atoms with Crippen LogP contribution in [0.2, 0.25) is 0 Å². The molecule has 0 amide bonds. The highest BCUT2D eigenvalue weighted by Gasteiger charge is 2.37. The van der Waals surface area contributed by atoms with Crippen molar-refractivity contribution >= 4 is 39.4 Å². The van der Waals surface area contributed by atoms with Crippen LogP contribution in [0.25, 0.3) is 0 Å². The summed E-state index contributed by atoms with van der Waals surface area (Å²) in [4.78, 5) is 11.9. The van der Waals surface area contributed by atoms with E-state index in [1.165, 1.54) is 5.25 Å². The Morgan fingerprint density at radius 3 is 2.70 bits per heavy atom. The van der Waals surface area contributed by atoms with Gasteiger partial charge in [0, 0.05) is 17.9 Å². The maximum atomic E-state index is 11.9. The minimum absolute atomic E-state index is 0.161. The van der Waals surface area contributed by atoms with Gasteiger partial charge in [-0.15, -0.1) is 11.8 Å². The third-order valence-corrected chi connectivity index (χ3v) is 6.68. The normalized spacial score (nSPS) is 18.0. The third kappa shape index (κ3) is 7.81. The van der Waals surface area contributed by atoms with Crippen LogP contribution in [0.5, 0.6) is 0 Å². The molecule has 20 heavy (non-hydrogen) atoms. The minimum atomic E-state index is -3.90. The van der Waals surface area contributed by atoms with E-state index >= 15 is 0 Å². The standard InChI is InChI=1S/C13H22O4S3/c1-2-4-12(14)9-11(5-3-8-20(15,16)17)13-10-18-6-7-19-13/h11H,2-10H2,1H3/p+1. The summed E-state index contributed by atoms with van der Waals surface area (Å²) < 4.78 is 30.4. The lowest BCUT2D eigenvalue weighted by Gasteiger charge is -2.18. The van der Waals surface area contributed by atoms with Crippen molar-refractivity contribution in [1.29, 1.82) is 0 Å². The highest BCUT2D eigenvalue weighted by molar-refractivity contribution is 8.08. The molecule has 0 aromatic carbocycles. The van der Waals surface area contributed by atoms with E-state index in [1.54, 1.807) is 0 Å². The number of carbonyl (C=O) groups excluding carboxylic acids is 1. The van der Waals surface area contributed by atoms with Gasteiger partial charge in [-0.3, -0.25) is 9.35 Å². The van der Waals surface area contributed by atoms with Gasteiger partial charge in [0.25, 0.3) is 10.1 Å². The quantitative estimate of drug-likeness (QED) is 0.514. The van der Waals surface area contributed by atoms with E-state index in [0.717, 1.165) is 23.7 Å². The van der Waals surface area contributed by atoms with Crippen LogP contribution in [0.4, 0.5) is 0 Å². The fraction of sp³-hybridized carbons (Fsp3) is 0.846. The maximum Gasteiger partial charge on any atom is 0.264 e. The van der Waals surface area contributed by atoms with Gasteiger partial charge in [-0.2, -0.15) is 8.42 Å². The largest absolute Gasteiger partial charge is 0.300 e. The molecule has 1 aliphatic heterocycles. The van der Waals surface area contributed by atoms with Crippen LogP contribution >= 0.6 is 23.5 Å². The van der Waals surface area contributed by atoms with Gasteiger partial charge in [-0.05, 0) is 19.3 Å². The molecule has 116 valence electrons. The minimum Gasteiger partial charge on any atom is -0.300 e. The Morgan fingerprint density at radius 1 is 1.40 bits per heavy atom. The number of hydrogen-bond donors (Lipinski definition) is 1. The SMILES string of the molecule is CCCC(=O)CC(CCCS(=O)(=O)O)[C+]1CSCCS1. The Kier molecular flexibility index (Phi) is 8.39. The van der Waals surface area contributed by atoms with Crippen LogP contribution in [0.1, 0.15) is 39.0 Å². The zero-order chi connectivity index (χ0) is 15.0. The van der Waals surface area contributed by atoms with Crippen molar-refractivity contribution in [2.24, 2.45) is 5.92 Å². The fourth-order valence-electron chi connectivity index (χ4n) is 2.23. The molecule has 1 fully saturated rings. The molecule has 0 aliphatic carbocycles. The molecule has 0 saturated carbocycles. The molecule has 1 heterocycles. The van der Waals surface area contributed by atoms with Gasteiger partial charge < -0.3 is 0 Å². The summed E-state index contributed by atoms with van der Waals surface area (Å²) >= 11 is 3.69. The van der Waals surface area contributed by atoms with Crippen LogP contribution in [0, 0.1) is 11.2 Å². The van der Waals surface area contributed by atoms with Crippen molar-refractivity contribution in [2.75, 3.05) is 23.0 Å². The monoisotopic (exact) mass is 339 g/mol. The molecular weight excluding hydrogens is 316 g/mol. The van der Waals surface area contributed by atoms with Gasteiger partial charge in [0.05, 0.1) is 23.9 Å². The molecule has 1 rings (SSSR count). The second-order valence-corrected chi connectivity index (χ2v) is 8.88. The van der Waals surface area contributed by atoms with E-state index in [0.29, 0.717) is 25.7 Å². The summed E-state index contributed by atoms with van der Waals surface area (Å²) in [7, 11) is -3.90. The molecular formula is C13H23O4S3+. The predicted octanol–water partition coefficient (Wildman–Crippen LogP) is 3.04. The first-order valence-corrected chi connectivity index (χ1v) is 10.7. The van der Waals surface area contributed by atoms with E-state index in [2.05, 4.69) is 0 Å². The van der Waals surface area contributed by atoms with Gasteiger partial charge in [-0.25, -0.2) is 0 Å². The van der Waals surface area contributed by atoms with E-state index in [-0.39, 0.29) is 17.5 Å². The molecule has 0 radical (unpaired) electrons. The fourth-order valence-corrected chi connectivity index (χ4v) is 5.43. The van der Waals surface area contributed by atoms with Gasteiger partial charge in [0.2, 0.25) is 0 Å². The van der Waals surface area contributed by atoms with Gasteiger partial charge in [0.1, 0.15) is 17.5 Å². The second-order valence-electron chi connectivity index (χ2n) is 4.99. The first kappa shape index (κ1) is 18.2. The van der Waals surface area contributed by atoms with Crippen LogP contribution in [-0.2, 0) is 14.9 Å². The first-order valence-electron chi connectivity index (χ1n) is 6.95. The molecule has 1 saturated heterocycles. The molecule has 0 bridgehead atoms. The highest BCUT2D eigenvalue weighted by atomic mass is 32.2. The number of rotatable bonds is 9. The summed E-state index contributed by atoms with van der Waals surface area (Å²) in [5, 5.41) is 1.32. The Hall–Kier alpha value is 0.150. The van der Waals surface area contributed by atoms with Crippen molar-refractivity contribution in [3.05, 3.63) is 5.25 Å². The van der Waals surface area contributed by atoms with Crippen molar-refractivity contribution in [3.63, 3.8) is 0 Å². The zero-order valence-corrected chi connectivity index (χ0v) is 14.3. The van der Waals surface area contributed by atoms with Crippen molar-refractivity contribution in [2.45, 2.75) is 39.0 Å². The molecule has 0 aromatic heterocycles. The molecule has 0 aromatic rings. The van der Waals surface area contributed by atoms with Crippen molar-refractivity contribution in [1.82, 2.24) is 0 Å². The van der Waals surface area contributed by atoms with Gasteiger partial charge >= 0.3 is 0 Å². The lowest BCUT2D eigenvalue weighted by atomic mass is 9.93. The predicted molar refractivity (Wildman–Crippen MR) is 86.7 cm³/mol. The maximum absolute atomic E-state index is 11.9. The molecule has 7 heteroatoms. The van der Waals surface area contributed by atoms with E-state index < -0.39 is 10.1 Å². The molecule has 4 nitrogen and oxygen atoms in total. The molecule has 1 aliphatic rings. The van der Waals surface area contributed by atoms with Crippen molar-refractivity contribution < 1.29 is 17.8 Å². The molecule has 1 unspecified atom stereocenters. The first-order chi connectivity index (χ1) is 9.42. The Labute approximate surface area is 130 Å². The number of Topliss-reactive ketones (excluding diaryl/α,β-unsaturated/α-hetero) is 1. The smallest absolute Gasteiger partial charge is 0.264 e. The van der Waals surface area contributed by atoms with Crippen LogP contribution < -0.4 is 0 Å². The van der Waals surface area contributed by atoms with E-state index in [9.17, 15) is 13.2 Å². The Morgan fingerprint density at radius 2 is 2.15 bits per heavy atom. The number of thioether (sulfide) groups is 2. The summed E-state index contributed by atoms with van der Waals surface area (Å²) in [6.45, 7) is 1.99. The highest BCUT2D eigenvalue weighted by Crippen LogP contribution is 2.40. The van der Waals surface area contributed by atoms with Crippen molar-refractivity contribution in [3.8, 4) is 0 Å². The second kappa shape index (κ2) is 9.23.